The maximum absolute atomic E-state index is 12.2. The van der Waals surface area contributed by atoms with Gasteiger partial charge < -0.3 is 5.11 Å². The van der Waals surface area contributed by atoms with Gasteiger partial charge in [0.1, 0.15) is 5.76 Å². The fourth-order valence-corrected chi connectivity index (χ4v) is 13.4. The Morgan fingerprint density at radius 2 is 1.46 bits per heavy atom. The van der Waals surface area contributed by atoms with Gasteiger partial charge in [0.05, 0.1) is 0 Å². The van der Waals surface area contributed by atoms with Crippen molar-refractivity contribution in [3.8, 4) is 22.4 Å². The molecule has 0 spiro atoms. The molecule has 57 heavy (non-hydrogen) atoms. The number of nitrogens with zero attached hydrogens (tertiary/aromatic N) is 2. The molecule has 7 aromatic rings. The monoisotopic (exact) mass is 1000 g/mol. The molecule has 0 aliphatic heterocycles. The molecule has 2 aromatic heterocycles. The number of aliphatic hydroxyl groups is 1. The van der Waals surface area contributed by atoms with Crippen LogP contribution < -0.4 is 4.40 Å². The molecular formula is C50H57GeIrN2O3-. The minimum absolute atomic E-state index is 0. The van der Waals surface area contributed by atoms with Crippen molar-refractivity contribution in [3.63, 3.8) is 0 Å². The van der Waals surface area contributed by atoms with E-state index in [2.05, 4.69) is 104 Å². The zero-order chi connectivity index (χ0) is 40.6. The summed E-state index contributed by atoms with van der Waals surface area (Å²) in [6.45, 7) is 16.6. The Bertz CT molecular complexity index is 2590. The average Bonchev–Trinajstić information content (AvgIpc) is 3.58. The van der Waals surface area contributed by atoms with Crippen molar-refractivity contribution in [1.82, 2.24) is 9.97 Å². The van der Waals surface area contributed by atoms with Gasteiger partial charge in [0.25, 0.3) is 0 Å². The van der Waals surface area contributed by atoms with E-state index in [1.807, 2.05) is 53.7 Å². The number of aryl methyl sites for hydroxylation is 2. The smallest absolute Gasteiger partial charge is 0 e. The first-order valence-corrected chi connectivity index (χ1v) is 27.5. The Kier molecular flexibility index (Phi) is 13.4. The van der Waals surface area contributed by atoms with E-state index >= 15 is 0 Å². The molecule has 299 valence electrons. The van der Waals surface area contributed by atoms with Gasteiger partial charge >= 0.3 is 196 Å². The Morgan fingerprint density at radius 3 is 2.09 bits per heavy atom. The van der Waals surface area contributed by atoms with Gasteiger partial charge in [-0.2, -0.15) is 0 Å². The summed E-state index contributed by atoms with van der Waals surface area (Å²) in [5.74, 6) is 7.68. The minimum Gasteiger partial charge on any atom is 0 e. The van der Waals surface area contributed by atoms with Crippen LogP contribution in [0.15, 0.2) is 101 Å². The van der Waals surface area contributed by atoms with Crippen LogP contribution in [0.4, 0.5) is 0 Å². The zero-order valence-electron chi connectivity index (χ0n) is 35.5. The van der Waals surface area contributed by atoms with Gasteiger partial charge in [0.15, 0.2) is 5.78 Å². The number of furan rings is 1. The third-order valence-corrected chi connectivity index (χ3v) is 17.2. The molecule has 0 saturated heterocycles. The van der Waals surface area contributed by atoms with Gasteiger partial charge in [-0.15, -0.1) is 0 Å². The predicted octanol–water partition coefficient (Wildman–Crippen LogP) is 13.6. The SMILES string of the molecule is CCC(C)(CC)C(=O)/C=C(\O)C(C)(CC)CC.Cc1cc2ccc3c(-c4[c-]ccc5c4oc4cc(-c6ccccc6)ccc45)ncnc3c2c(C)[c]1[Ge]([CH3])([CH3])[CH3].[Ir]. The van der Waals surface area contributed by atoms with Crippen molar-refractivity contribution in [3.05, 3.63) is 114 Å². The largest absolute Gasteiger partial charge is 0 e. The van der Waals surface area contributed by atoms with Crippen LogP contribution in [0, 0.1) is 30.7 Å². The molecule has 0 amide bonds. The van der Waals surface area contributed by atoms with E-state index in [0.29, 0.717) is 0 Å². The van der Waals surface area contributed by atoms with Crippen LogP contribution >= 0.6 is 0 Å². The number of allylic oxidation sites excluding steroid dienone is 2. The van der Waals surface area contributed by atoms with E-state index in [9.17, 15) is 9.90 Å². The number of fused-ring (bicyclic) bond motifs is 6. The van der Waals surface area contributed by atoms with Crippen molar-refractivity contribution < 1.29 is 34.4 Å². The molecule has 2 heterocycles. The van der Waals surface area contributed by atoms with Crippen molar-refractivity contribution in [1.29, 1.82) is 0 Å². The van der Waals surface area contributed by atoms with Gasteiger partial charge in [-0.25, -0.2) is 0 Å². The summed E-state index contributed by atoms with van der Waals surface area (Å²) in [5.41, 5.74) is 8.87. The number of benzene rings is 5. The van der Waals surface area contributed by atoms with Crippen molar-refractivity contribution in [2.75, 3.05) is 0 Å². The van der Waals surface area contributed by atoms with E-state index < -0.39 is 13.3 Å². The van der Waals surface area contributed by atoms with Crippen molar-refractivity contribution in [2.24, 2.45) is 10.8 Å². The molecular weight excluding hydrogens is 941 g/mol. The molecule has 0 unspecified atom stereocenters. The molecule has 0 saturated carbocycles. The Balaban J connectivity index is 0.000000295. The van der Waals surface area contributed by atoms with E-state index in [-0.39, 0.29) is 42.5 Å². The molecule has 1 radical (unpaired) electrons. The maximum atomic E-state index is 12.2. The first-order valence-electron chi connectivity index (χ1n) is 20.2. The molecule has 7 heteroatoms. The Hall–Kier alpha value is -4.10. The summed E-state index contributed by atoms with van der Waals surface area (Å²) in [7, 11) is 0. The normalized spacial score (nSPS) is 12.5. The van der Waals surface area contributed by atoms with Gasteiger partial charge in [-0.05, 0) is 31.2 Å². The number of aromatic nitrogens is 2. The van der Waals surface area contributed by atoms with Crippen LogP contribution in [0.25, 0.3) is 66.0 Å². The molecule has 5 aromatic carbocycles. The molecule has 0 aliphatic carbocycles. The van der Waals surface area contributed by atoms with Gasteiger partial charge in [-0.1, -0.05) is 71.9 Å². The third kappa shape index (κ3) is 8.42. The Morgan fingerprint density at radius 1 is 0.807 bits per heavy atom. The predicted molar refractivity (Wildman–Crippen MR) is 240 cm³/mol. The summed E-state index contributed by atoms with van der Waals surface area (Å²) >= 11 is -2.11. The van der Waals surface area contributed by atoms with E-state index in [1.54, 1.807) is 10.7 Å². The number of hydrogen-bond acceptors (Lipinski definition) is 5. The molecule has 0 aliphatic rings. The topological polar surface area (TPSA) is 76.2 Å². The van der Waals surface area contributed by atoms with Gasteiger partial charge in [0, 0.05) is 37.0 Å². The van der Waals surface area contributed by atoms with Crippen LogP contribution in [0.2, 0.25) is 17.3 Å². The van der Waals surface area contributed by atoms with E-state index in [1.165, 1.54) is 33.5 Å². The first-order chi connectivity index (χ1) is 26.6. The number of ketones is 1. The second kappa shape index (κ2) is 17.4. The number of carbonyl (C=O) groups excluding carboxylic acids is 1. The fourth-order valence-electron chi connectivity index (χ4n) is 8.15. The Labute approximate surface area is 355 Å². The van der Waals surface area contributed by atoms with Crippen molar-refractivity contribution >= 4 is 67.1 Å². The number of carbonyl (C=O) groups is 1. The number of aliphatic hydroxyl groups excluding tert-OH is 1. The van der Waals surface area contributed by atoms with Gasteiger partial charge in [0.2, 0.25) is 0 Å². The van der Waals surface area contributed by atoms with Gasteiger partial charge in [-0.3, -0.25) is 4.79 Å². The summed E-state index contributed by atoms with van der Waals surface area (Å²) in [4.78, 5) is 21.8. The second-order valence-electron chi connectivity index (χ2n) is 16.9. The molecule has 0 bridgehead atoms. The average molecular weight is 999 g/mol. The van der Waals surface area contributed by atoms with E-state index in [4.69, 9.17) is 14.4 Å². The number of hydrogen-bond donors (Lipinski definition) is 1. The minimum atomic E-state index is -2.11. The standard InChI is InChI=1S/C35H29GeN2O.C15H28O2.Ir/c1-21-18-25-15-17-28-33(37-20-38-34(28)31(25)22(2)32(21)36(3,4)5)29-13-9-12-27-26-16-14-24(19-30(26)39-35(27)29)23-10-7-6-8-11-23;1-7-14(5,8-2)12(16)11-13(17)15(6,9-3)10-4;/h6-12,14-20H,1-5H3;11,16H,7-10H2,1-6H3;/q-1;;/b;12-11-;. The van der Waals surface area contributed by atoms with Crippen LogP contribution in [-0.4, -0.2) is 34.1 Å². The first kappa shape index (κ1) is 44.0. The second-order valence-corrected chi connectivity index (χ2v) is 27.4. The quantitative estimate of drug-likeness (QED) is 0.0486. The molecule has 1 N–H and O–H groups in total. The van der Waals surface area contributed by atoms with Crippen LogP contribution in [0.1, 0.15) is 78.4 Å². The van der Waals surface area contributed by atoms with Crippen LogP contribution in [0.5, 0.6) is 0 Å². The van der Waals surface area contributed by atoms with Crippen molar-refractivity contribution in [2.45, 2.75) is 98.3 Å². The zero-order valence-corrected chi connectivity index (χ0v) is 40.0. The molecule has 7 rings (SSSR count). The number of rotatable bonds is 10. The molecule has 5 nitrogen and oxygen atoms in total. The van der Waals surface area contributed by atoms with Crippen LogP contribution in [-0.2, 0) is 24.9 Å². The van der Waals surface area contributed by atoms with Crippen LogP contribution in [0.3, 0.4) is 0 Å². The summed E-state index contributed by atoms with van der Waals surface area (Å²) in [6, 6.07) is 31.1. The summed E-state index contributed by atoms with van der Waals surface area (Å²) in [5, 5.41) is 15.8. The molecule has 0 atom stereocenters. The molecule has 0 fully saturated rings. The third-order valence-electron chi connectivity index (χ3n) is 12.5. The summed E-state index contributed by atoms with van der Waals surface area (Å²) < 4.78 is 8.12. The maximum Gasteiger partial charge on any atom is 0 e. The fraction of sp³-hybridized carbons (Fsp3) is 0.340. The van der Waals surface area contributed by atoms with E-state index in [0.717, 1.165) is 75.3 Å². The summed E-state index contributed by atoms with van der Waals surface area (Å²) in [6.07, 6.45) is 6.45.